The van der Waals surface area contributed by atoms with E-state index in [1.807, 2.05) is 50.3 Å². The molecule has 2 aromatic carbocycles. The fraction of sp³-hybridized carbons (Fsp3) is 0.400. The number of aliphatic hydroxyl groups excluding tert-OH is 1. The van der Waals surface area contributed by atoms with Crippen molar-refractivity contribution in [2.45, 2.75) is 45.4 Å². The van der Waals surface area contributed by atoms with Gasteiger partial charge in [0.2, 0.25) is 23.6 Å². The fourth-order valence-corrected chi connectivity index (χ4v) is 10.8. The lowest BCUT2D eigenvalue weighted by Gasteiger charge is -2.49. The number of benzene rings is 2. The van der Waals surface area contributed by atoms with Crippen molar-refractivity contribution in [1.29, 1.82) is 0 Å². The molecule has 0 unspecified atom stereocenters. The van der Waals surface area contributed by atoms with Crippen molar-refractivity contribution in [2.24, 2.45) is 36.1 Å². The first-order valence-corrected chi connectivity index (χ1v) is 19.3. The second kappa shape index (κ2) is 13.5. The van der Waals surface area contributed by atoms with Crippen molar-refractivity contribution < 1.29 is 38.9 Å². The lowest BCUT2D eigenvalue weighted by molar-refractivity contribution is -0.142. The molecule has 280 valence electrons. The molecule has 3 fully saturated rings. The number of fused-ring (bicyclic) bond motifs is 5. The molecule has 2 aromatic heterocycles. The predicted molar refractivity (Wildman–Crippen MR) is 201 cm³/mol. The van der Waals surface area contributed by atoms with E-state index in [-0.39, 0.29) is 57.3 Å². The van der Waals surface area contributed by atoms with Crippen LogP contribution >= 0.6 is 22.9 Å². The first-order chi connectivity index (χ1) is 25.9. The van der Waals surface area contributed by atoms with Gasteiger partial charge in [-0.2, -0.15) is 5.10 Å². The predicted octanol–water partition coefficient (Wildman–Crippen LogP) is 5.73. The third kappa shape index (κ3) is 5.42. The van der Waals surface area contributed by atoms with Crippen LogP contribution in [-0.2, 0) is 31.0 Å². The monoisotopic (exact) mass is 770 g/mol. The Balaban J connectivity index is 1.22. The van der Waals surface area contributed by atoms with E-state index in [9.17, 15) is 29.4 Å². The number of ether oxygens (including phenoxy) is 1. The Labute approximate surface area is 319 Å². The number of allylic oxidation sites excluding steroid dienone is 2. The van der Waals surface area contributed by atoms with Crippen LogP contribution in [-0.4, -0.2) is 74.2 Å². The molecule has 4 aliphatic rings. The number of aromatic nitrogens is 2. The molecule has 4 heterocycles. The van der Waals surface area contributed by atoms with E-state index in [2.05, 4.69) is 0 Å². The zero-order chi connectivity index (χ0) is 38.2. The number of hydrogen-bond acceptors (Lipinski definition) is 9. The van der Waals surface area contributed by atoms with Crippen molar-refractivity contribution in [3.05, 3.63) is 76.3 Å². The molecule has 4 amide bonds. The SMILES string of the molecule is Cc1c(-c2cc(N3C(=O)[C@@H]4C[C@@H]5C(=CC[C@@H]6C(=O)N(CCCC(=O)O)C(=O)[C@@H]65)[C@H](c5ccccc5OCCO)[C@]4(C)C3=O)n(C)n2)sc2ccc(Cl)cc12. The number of hydrogen-bond donors (Lipinski definition) is 2. The molecular weight excluding hydrogens is 732 g/mol. The maximum Gasteiger partial charge on any atom is 0.303 e. The lowest BCUT2D eigenvalue weighted by Crippen LogP contribution is -2.49. The Morgan fingerprint density at radius 1 is 1.07 bits per heavy atom. The van der Waals surface area contributed by atoms with Gasteiger partial charge in [0.05, 0.1) is 34.7 Å². The molecule has 2 aliphatic heterocycles. The number of carboxylic acids is 1. The Kier molecular flexibility index (Phi) is 9.01. The van der Waals surface area contributed by atoms with Crippen LogP contribution < -0.4 is 9.64 Å². The van der Waals surface area contributed by atoms with Gasteiger partial charge >= 0.3 is 5.97 Å². The number of halogens is 1. The Hall–Kier alpha value is -4.85. The van der Waals surface area contributed by atoms with E-state index in [4.69, 9.17) is 21.4 Å². The number of carboxylic acid groups (broad SMARTS) is 1. The van der Waals surface area contributed by atoms with Gasteiger partial charge in [0.15, 0.2) is 0 Å². The first-order valence-electron chi connectivity index (χ1n) is 18.1. The number of imide groups is 2. The lowest BCUT2D eigenvalue weighted by atomic mass is 9.51. The van der Waals surface area contributed by atoms with Gasteiger partial charge < -0.3 is 14.9 Å². The Bertz CT molecular complexity index is 2300. The number of aliphatic hydroxyl groups is 1. The third-order valence-corrected chi connectivity index (χ3v) is 13.5. The molecular formula is C40H39ClN4O8S. The second-order valence-electron chi connectivity index (χ2n) is 14.8. The zero-order valence-corrected chi connectivity index (χ0v) is 31.5. The Morgan fingerprint density at radius 2 is 1.85 bits per heavy atom. The maximum absolute atomic E-state index is 15.1. The highest BCUT2D eigenvalue weighted by atomic mass is 35.5. The summed E-state index contributed by atoms with van der Waals surface area (Å²) in [6.07, 6.45) is 2.37. The van der Waals surface area contributed by atoms with E-state index < -0.39 is 52.8 Å². The van der Waals surface area contributed by atoms with E-state index in [1.54, 1.807) is 41.3 Å². The second-order valence-corrected chi connectivity index (χ2v) is 16.3. The summed E-state index contributed by atoms with van der Waals surface area (Å²) in [5.74, 6) is -5.27. The van der Waals surface area contributed by atoms with Crippen LogP contribution in [0.4, 0.5) is 5.82 Å². The van der Waals surface area contributed by atoms with Crippen LogP contribution in [0.5, 0.6) is 5.75 Å². The quantitative estimate of drug-likeness (QED) is 0.152. The highest BCUT2D eigenvalue weighted by molar-refractivity contribution is 7.22. The van der Waals surface area contributed by atoms with E-state index >= 15 is 4.79 Å². The highest BCUT2D eigenvalue weighted by Gasteiger charge is 2.68. The molecule has 1 saturated carbocycles. The van der Waals surface area contributed by atoms with E-state index in [0.29, 0.717) is 27.8 Å². The normalized spacial score (nSPS) is 26.3. The summed E-state index contributed by atoms with van der Waals surface area (Å²) in [7, 11) is 1.70. The number of amides is 4. The molecule has 6 atom stereocenters. The van der Waals surface area contributed by atoms with Gasteiger partial charge in [-0.15, -0.1) is 11.3 Å². The van der Waals surface area contributed by atoms with E-state index in [0.717, 1.165) is 26.1 Å². The van der Waals surface area contributed by atoms with Crippen molar-refractivity contribution in [1.82, 2.24) is 14.7 Å². The number of anilines is 1. The van der Waals surface area contributed by atoms with Crippen LogP contribution in [0, 0.1) is 36.0 Å². The number of aryl methyl sites for hydroxylation is 2. The van der Waals surface area contributed by atoms with Crippen molar-refractivity contribution >= 4 is 68.4 Å². The molecule has 14 heteroatoms. The van der Waals surface area contributed by atoms with Crippen LogP contribution in [0.2, 0.25) is 5.02 Å². The highest BCUT2D eigenvalue weighted by Crippen LogP contribution is 2.64. The average molecular weight is 771 g/mol. The molecule has 0 radical (unpaired) electrons. The maximum atomic E-state index is 15.1. The number of aliphatic carboxylic acids is 1. The number of thiophene rings is 1. The number of rotatable bonds is 10. The van der Waals surface area contributed by atoms with Crippen molar-refractivity contribution in [3.63, 3.8) is 0 Å². The minimum absolute atomic E-state index is 0.00174. The number of carbonyl (C=O) groups excluding carboxylic acids is 4. The molecule has 54 heavy (non-hydrogen) atoms. The van der Waals surface area contributed by atoms with Gasteiger partial charge in [-0.25, -0.2) is 4.90 Å². The molecule has 0 bridgehead atoms. The standard InChI is InChI=1S/C40H39ClN4O8S/c1-20-25-17-21(41)10-13-30(25)54-35(20)28-19-31(43(3)42-28)45-37(50)27-18-26-22(11-12-24-33(26)38(51)44(36(24)49)14-6-9-32(47)48)34(40(27,2)39(45)52)23-7-4-5-8-29(23)53-16-15-46/h4-5,7-8,10-11,13,17,19,24,26-27,33-34,46H,6,9,12,14-16,18H2,1-3H3,(H,47,48)/t24-,26+,27-,33-,34+,40+/m0/s1. The third-order valence-electron chi connectivity index (χ3n) is 11.9. The Morgan fingerprint density at radius 3 is 2.61 bits per heavy atom. The largest absolute Gasteiger partial charge is 0.491 e. The van der Waals surface area contributed by atoms with Crippen LogP contribution in [0.15, 0.2) is 60.2 Å². The minimum atomic E-state index is -1.31. The summed E-state index contributed by atoms with van der Waals surface area (Å²) in [5.41, 5.74) is 1.74. The summed E-state index contributed by atoms with van der Waals surface area (Å²) in [6.45, 7) is 3.58. The first kappa shape index (κ1) is 36.1. The summed E-state index contributed by atoms with van der Waals surface area (Å²) in [6, 6.07) is 14.7. The van der Waals surface area contributed by atoms with Gasteiger partial charge in [0.1, 0.15) is 23.9 Å². The van der Waals surface area contributed by atoms with Gasteiger partial charge in [0.25, 0.3) is 0 Å². The van der Waals surface area contributed by atoms with Gasteiger partial charge in [-0.1, -0.05) is 41.4 Å². The number of likely N-dealkylation sites (tertiary alicyclic amines) is 1. The number of nitrogens with zero attached hydrogens (tertiary/aromatic N) is 4. The zero-order valence-electron chi connectivity index (χ0n) is 30.0. The number of para-hydroxylation sites is 1. The van der Waals surface area contributed by atoms with Crippen LogP contribution in [0.1, 0.15) is 49.7 Å². The summed E-state index contributed by atoms with van der Waals surface area (Å²) < 4.78 is 8.60. The fourth-order valence-electron chi connectivity index (χ4n) is 9.47. The topological polar surface area (TPSA) is 159 Å². The number of carbonyl (C=O) groups is 5. The molecule has 2 N–H and O–H groups in total. The molecule has 8 rings (SSSR count). The summed E-state index contributed by atoms with van der Waals surface area (Å²) in [5, 5.41) is 25.2. The van der Waals surface area contributed by atoms with Gasteiger partial charge in [-0.05, 0) is 74.2 Å². The minimum Gasteiger partial charge on any atom is -0.491 e. The molecule has 12 nitrogen and oxygen atoms in total. The van der Waals surface area contributed by atoms with Gasteiger partial charge in [-0.3, -0.25) is 33.6 Å². The average Bonchev–Trinajstić information content (AvgIpc) is 3.81. The molecule has 2 aliphatic carbocycles. The summed E-state index contributed by atoms with van der Waals surface area (Å²) >= 11 is 7.86. The molecule has 0 spiro atoms. The van der Waals surface area contributed by atoms with Crippen LogP contribution in [0.3, 0.4) is 0 Å². The van der Waals surface area contributed by atoms with E-state index in [1.165, 1.54) is 9.80 Å². The smallest absolute Gasteiger partial charge is 0.303 e. The summed E-state index contributed by atoms with van der Waals surface area (Å²) in [4.78, 5) is 72.3. The molecule has 4 aromatic rings. The van der Waals surface area contributed by atoms with Crippen molar-refractivity contribution in [2.75, 3.05) is 24.7 Å². The van der Waals surface area contributed by atoms with Crippen LogP contribution in [0.25, 0.3) is 20.7 Å². The van der Waals surface area contributed by atoms with Gasteiger partial charge in [0, 0.05) is 47.3 Å². The van der Waals surface area contributed by atoms with Crippen molar-refractivity contribution in [3.8, 4) is 16.3 Å². The molecule has 2 saturated heterocycles.